The van der Waals surface area contributed by atoms with Gasteiger partial charge in [0.05, 0.1) is 44.3 Å². The maximum Gasteiger partial charge on any atom is 0.256 e. The molecule has 0 spiro atoms. The van der Waals surface area contributed by atoms with Crippen LogP contribution >= 0.6 is 0 Å². The first-order valence-corrected chi connectivity index (χ1v) is 27.7. The monoisotopic (exact) mass is 1000 g/mol. The number of aromatic nitrogens is 3. The highest BCUT2D eigenvalue weighted by atomic mass is 16.5. The second-order valence-corrected chi connectivity index (χ2v) is 26.4. The van der Waals surface area contributed by atoms with Crippen molar-refractivity contribution in [1.29, 1.82) is 0 Å². The molecular formula is C71H67BN4O. The van der Waals surface area contributed by atoms with E-state index in [2.05, 4.69) is 279 Å². The molecule has 0 aliphatic carbocycles. The van der Waals surface area contributed by atoms with Gasteiger partial charge in [-0.1, -0.05) is 174 Å². The number of nitrogens with zero attached hydrogens (tertiary/aromatic N) is 4. The van der Waals surface area contributed by atoms with Gasteiger partial charge in [-0.3, -0.25) is 0 Å². The Morgan fingerprint density at radius 1 is 0.377 bits per heavy atom. The van der Waals surface area contributed by atoms with Crippen LogP contribution in [0.4, 0.5) is 17.1 Å². The van der Waals surface area contributed by atoms with Crippen LogP contribution < -0.4 is 26.0 Å². The fraction of sp³-hybridized carbons (Fsp3) is 0.239. The molecule has 0 fully saturated rings. The number of aryl methyl sites for hydroxylation is 1. The highest BCUT2D eigenvalue weighted by Crippen LogP contribution is 2.49. The molecule has 0 saturated heterocycles. The van der Waals surface area contributed by atoms with Gasteiger partial charge < -0.3 is 23.3 Å². The van der Waals surface area contributed by atoms with Gasteiger partial charge in [0.2, 0.25) is 0 Å². The standard InChI is InChI=1S/C71H67BN4O/c1-68(2,3)42-26-31-46(32-27-42)74-60-35-30-45(71(10,11)12)38-53(60)72-54-41-62(76-58-33-28-43(69(4,5)6)36-51(58)52-37-44(70(7,8)9)29-34-59(52)76)66-64(50-22-16-17-23-55(50)73(66)13)67(54)77-63-40-47(39-61(74)65(63)72)75-56-24-18-14-20-48(56)49-21-15-19-25-57(49)75/h14-41H,1-13H3. The smallest absolute Gasteiger partial charge is 0.256 e. The van der Waals surface area contributed by atoms with Crippen molar-refractivity contribution in [2.75, 3.05) is 4.90 Å². The van der Waals surface area contributed by atoms with Gasteiger partial charge in [0.15, 0.2) is 0 Å². The van der Waals surface area contributed by atoms with Crippen LogP contribution in [0, 0.1) is 0 Å². The molecular weight excluding hydrogens is 936 g/mol. The van der Waals surface area contributed by atoms with Crippen molar-refractivity contribution in [2.45, 2.75) is 105 Å². The van der Waals surface area contributed by atoms with Crippen molar-refractivity contribution in [2.24, 2.45) is 7.05 Å². The van der Waals surface area contributed by atoms with Crippen LogP contribution in [0.25, 0.3) is 76.8 Å². The molecule has 0 saturated carbocycles. The van der Waals surface area contributed by atoms with Gasteiger partial charge in [0, 0.05) is 62.6 Å². The third-order valence-electron chi connectivity index (χ3n) is 17.3. The van der Waals surface area contributed by atoms with Crippen LogP contribution in [-0.4, -0.2) is 20.4 Å². The summed E-state index contributed by atoms with van der Waals surface area (Å²) in [7, 11) is 2.24. The lowest BCUT2D eigenvalue weighted by atomic mass is 9.34. The van der Waals surface area contributed by atoms with E-state index in [4.69, 9.17) is 4.74 Å². The molecule has 0 unspecified atom stereocenters. The predicted molar refractivity (Wildman–Crippen MR) is 330 cm³/mol. The highest BCUT2D eigenvalue weighted by molar-refractivity contribution is 6.99. The molecule has 0 amide bonds. The summed E-state index contributed by atoms with van der Waals surface area (Å²) >= 11 is 0. The van der Waals surface area contributed by atoms with Crippen LogP contribution in [0.2, 0.25) is 0 Å². The van der Waals surface area contributed by atoms with Crippen LogP contribution in [0.1, 0.15) is 105 Å². The van der Waals surface area contributed by atoms with E-state index in [1.165, 1.54) is 87.8 Å². The van der Waals surface area contributed by atoms with E-state index in [-0.39, 0.29) is 28.4 Å². The summed E-state index contributed by atoms with van der Waals surface area (Å²) in [4.78, 5) is 2.53. The zero-order valence-corrected chi connectivity index (χ0v) is 46.9. The summed E-state index contributed by atoms with van der Waals surface area (Å²) in [5.41, 5.74) is 21.4. The number of hydrogen-bond donors (Lipinski definition) is 0. The van der Waals surface area contributed by atoms with Crippen molar-refractivity contribution < 1.29 is 4.74 Å². The molecule has 5 nitrogen and oxygen atoms in total. The zero-order chi connectivity index (χ0) is 53.4. The quantitative estimate of drug-likeness (QED) is 0.165. The van der Waals surface area contributed by atoms with E-state index in [1.807, 2.05) is 0 Å². The van der Waals surface area contributed by atoms with E-state index >= 15 is 0 Å². The second kappa shape index (κ2) is 16.1. The van der Waals surface area contributed by atoms with Gasteiger partial charge in [-0.15, -0.1) is 0 Å². The third kappa shape index (κ3) is 6.99. The van der Waals surface area contributed by atoms with Gasteiger partial charge in [0.25, 0.3) is 6.71 Å². The van der Waals surface area contributed by atoms with E-state index < -0.39 is 0 Å². The van der Waals surface area contributed by atoms with Crippen LogP contribution in [0.3, 0.4) is 0 Å². The minimum absolute atomic E-state index is 0.00297. The number of para-hydroxylation sites is 3. The third-order valence-corrected chi connectivity index (χ3v) is 17.3. The Morgan fingerprint density at radius 2 is 0.870 bits per heavy atom. The first kappa shape index (κ1) is 47.5. The molecule has 0 bridgehead atoms. The fourth-order valence-electron chi connectivity index (χ4n) is 13.1. The number of rotatable bonds is 3. The van der Waals surface area contributed by atoms with Crippen LogP contribution in [0.15, 0.2) is 170 Å². The summed E-state index contributed by atoms with van der Waals surface area (Å²) < 4.78 is 15.3. The number of hydrogen-bond acceptors (Lipinski definition) is 2. The number of ether oxygens (including phenoxy) is 1. The molecule has 0 atom stereocenters. The molecule has 5 heterocycles. The Kier molecular flexibility index (Phi) is 9.90. The molecule has 9 aromatic carbocycles. The van der Waals surface area contributed by atoms with Crippen molar-refractivity contribution in [1.82, 2.24) is 13.7 Å². The topological polar surface area (TPSA) is 27.3 Å². The molecule has 380 valence electrons. The summed E-state index contributed by atoms with van der Waals surface area (Å²) in [5, 5.41) is 7.31. The van der Waals surface area contributed by atoms with E-state index in [0.29, 0.717) is 0 Å². The number of benzene rings is 9. The largest absolute Gasteiger partial charge is 0.458 e. The fourth-order valence-corrected chi connectivity index (χ4v) is 13.1. The first-order chi connectivity index (χ1) is 36.6. The van der Waals surface area contributed by atoms with E-state index in [0.717, 1.165) is 56.2 Å². The Hall–Kier alpha value is -7.96. The Bertz CT molecular complexity index is 4350. The van der Waals surface area contributed by atoms with Gasteiger partial charge in [-0.25, -0.2) is 0 Å². The Balaban J connectivity index is 1.13. The van der Waals surface area contributed by atoms with Crippen molar-refractivity contribution in [3.8, 4) is 22.9 Å². The molecule has 0 N–H and O–H groups in total. The summed E-state index contributed by atoms with van der Waals surface area (Å²) in [6.45, 7) is 27.7. The van der Waals surface area contributed by atoms with Crippen molar-refractivity contribution >= 4 is 106 Å². The number of anilines is 3. The van der Waals surface area contributed by atoms with Gasteiger partial charge >= 0.3 is 0 Å². The minimum atomic E-state index is -0.173. The first-order valence-electron chi connectivity index (χ1n) is 27.7. The van der Waals surface area contributed by atoms with Gasteiger partial charge in [0.1, 0.15) is 11.5 Å². The summed E-state index contributed by atoms with van der Waals surface area (Å²) in [5.74, 6) is 1.80. The van der Waals surface area contributed by atoms with Crippen LogP contribution in [0.5, 0.6) is 11.5 Å². The van der Waals surface area contributed by atoms with Gasteiger partial charge in [-0.05, 0) is 133 Å². The second-order valence-electron chi connectivity index (χ2n) is 26.4. The SMILES string of the molecule is Cn1c2ccccc2c2c3c(cc(-n4c5ccc(C(C)(C)C)cc5c5cc(C(C)(C)C)ccc54)c21)B1c2cc(C(C)(C)C)ccc2N(c2ccc(C(C)(C)C)cc2)c2cc(-n4c5ccccc5c5ccccc54)cc(c21)O3. The molecule has 2 aliphatic rings. The average molecular weight is 1000 g/mol. The Morgan fingerprint density at radius 3 is 1.44 bits per heavy atom. The summed E-state index contributed by atoms with van der Waals surface area (Å²) in [6.07, 6.45) is 0. The number of fused-ring (bicyclic) bond motifs is 14. The predicted octanol–water partition coefficient (Wildman–Crippen LogP) is 17.1. The molecule has 14 rings (SSSR count). The minimum Gasteiger partial charge on any atom is -0.458 e. The zero-order valence-electron chi connectivity index (χ0n) is 46.9. The maximum atomic E-state index is 7.87. The molecule has 6 heteroatoms. The van der Waals surface area contributed by atoms with E-state index in [9.17, 15) is 0 Å². The lowest BCUT2D eigenvalue weighted by Crippen LogP contribution is -2.60. The lowest BCUT2D eigenvalue weighted by molar-refractivity contribution is 0.493. The van der Waals surface area contributed by atoms with Crippen LogP contribution in [-0.2, 0) is 28.7 Å². The lowest BCUT2D eigenvalue weighted by Gasteiger charge is -2.41. The summed E-state index contributed by atoms with van der Waals surface area (Å²) in [6, 6.07) is 64.9. The molecule has 3 aromatic heterocycles. The Labute approximate surface area is 453 Å². The maximum absolute atomic E-state index is 7.87. The molecule has 12 aromatic rings. The van der Waals surface area contributed by atoms with Crippen molar-refractivity contribution in [3.05, 3.63) is 192 Å². The molecule has 77 heavy (non-hydrogen) atoms. The molecule has 2 aliphatic heterocycles. The molecule has 0 radical (unpaired) electrons. The normalized spacial score (nSPS) is 13.8. The van der Waals surface area contributed by atoms with E-state index in [1.54, 1.807) is 0 Å². The van der Waals surface area contributed by atoms with Crippen molar-refractivity contribution in [3.63, 3.8) is 0 Å². The van der Waals surface area contributed by atoms with Gasteiger partial charge in [-0.2, -0.15) is 0 Å². The highest BCUT2D eigenvalue weighted by Gasteiger charge is 2.45. The average Bonchev–Trinajstić information content (AvgIpc) is 4.28.